The topological polar surface area (TPSA) is 67.8 Å². The lowest BCUT2D eigenvalue weighted by molar-refractivity contribution is 0.0412. The van der Waals surface area contributed by atoms with E-state index in [1.807, 2.05) is 20.8 Å². The molecule has 1 amide bonds. The quantitative estimate of drug-likeness (QED) is 0.806. The summed E-state index contributed by atoms with van der Waals surface area (Å²) in [5.74, 6) is 0.505. The molecule has 5 nitrogen and oxygen atoms in total. The Morgan fingerprint density at radius 2 is 2.06 bits per heavy atom. The molecule has 0 radical (unpaired) electrons. The second-order valence-electron chi connectivity index (χ2n) is 5.82. The smallest absolute Gasteiger partial charge is 0.407 e. The SMILES string of the molecule is CC(C)(C)OC(=O)NC(CO)CC1CCOCC1. The van der Waals surface area contributed by atoms with Crippen molar-refractivity contribution in [2.75, 3.05) is 19.8 Å². The molecule has 0 saturated carbocycles. The molecule has 0 aromatic heterocycles. The molecular weight excluding hydrogens is 234 g/mol. The highest BCUT2D eigenvalue weighted by Gasteiger charge is 2.22. The molecule has 0 aromatic rings. The molecule has 1 heterocycles. The third-order valence-electron chi connectivity index (χ3n) is 2.90. The molecule has 1 rings (SSSR count). The van der Waals surface area contributed by atoms with Crippen molar-refractivity contribution >= 4 is 6.09 Å². The Balaban J connectivity index is 2.34. The summed E-state index contributed by atoms with van der Waals surface area (Å²) in [7, 11) is 0. The van der Waals surface area contributed by atoms with Gasteiger partial charge in [-0.3, -0.25) is 0 Å². The highest BCUT2D eigenvalue weighted by molar-refractivity contribution is 5.68. The number of aliphatic hydroxyl groups excluding tert-OH is 1. The number of carbonyl (C=O) groups is 1. The zero-order valence-electron chi connectivity index (χ0n) is 11.6. The van der Waals surface area contributed by atoms with Gasteiger partial charge in [-0.1, -0.05) is 0 Å². The van der Waals surface area contributed by atoms with Crippen LogP contribution in [0.2, 0.25) is 0 Å². The van der Waals surface area contributed by atoms with Crippen molar-refractivity contribution in [3.63, 3.8) is 0 Å². The average Bonchev–Trinajstić information content (AvgIpc) is 2.27. The summed E-state index contributed by atoms with van der Waals surface area (Å²) in [5, 5.41) is 12.0. The summed E-state index contributed by atoms with van der Waals surface area (Å²) in [6.45, 7) is 6.94. The van der Waals surface area contributed by atoms with E-state index in [4.69, 9.17) is 9.47 Å². The van der Waals surface area contributed by atoms with Crippen LogP contribution in [-0.4, -0.2) is 42.7 Å². The highest BCUT2D eigenvalue weighted by atomic mass is 16.6. The lowest BCUT2D eigenvalue weighted by atomic mass is 9.93. The third kappa shape index (κ3) is 6.21. The number of carbonyl (C=O) groups excluding carboxylic acids is 1. The maximum atomic E-state index is 11.6. The third-order valence-corrected chi connectivity index (χ3v) is 2.90. The van der Waals surface area contributed by atoms with E-state index < -0.39 is 11.7 Å². The van der Waals surface area contributed by atoms with Gasteiger partial charge >= 0.3 is 6.09 Å². The summed E-state index contributed by atoms with van der Waals surface area (Å²) >= 11 is 0. The van der Waals surface area contributed by atoms with Crippen LogP contribution in [0.1, 0.15) is 40.0 Å². The van der Waals surface area contributed by atoms with Crippen LogP contribution in [-0.2, 0) is 9.47 Å². The van der Waals surface area contributed by atoms with E-state index in [-0.39, 0.29) is 12.6 Å². The van der Waals surface area contributed by atoms with Crippen LogP contribution in [0.25, 0.3) is 0 Å². The summed E-state index contributed by atoms with van der Waals surface area (Å²) in [6.07, 6.45) is 2.30. The first-order valence-electron chi connectivity index (χ1n) is 6.59. The van der Waals surface area contributed by atoms with Gasteiger partial charge in [-0.15, -0.1) is 0 Å². The van der Waals surface area contributed by atoms with Gasteiger partial charge in [0.05, 0.1) is 12.6 Å². The van der Waals surface area contributed by atoms with Crippen LogP contribution >= 0.6 is 0 Å². The number of aliphatic hydroxyl groups is 1. The summed E-state index contributed by atoms with van der Waals surface area (Å²) in [5.41, 5.74) is -0.511. The Labute approximate surface area is 109 Å². The minimum atomic E-state index is -0.511. The Kier molecular flexibility index (Phi) is 5.88. The molecule has 0 aromatic carbocycles. The van der Waals surface area contributed by atoms with E-state index in [9.17, 15) is 9.90 Å². The standard InChI is InChI=1S/C13H25NO4/c1-13(2,3)18-12(16)14-11(9-15)8-10-4-6-17-7-5-10/h10-11,15H,4-9H2,1-3H3,(H,14,16). The molecule has 0 bridgehead atoms. The number of amides is 1. The van der Waals surface area contributed by atoms with Gasteiger partial charge < -0.3 is 19.9 Å². The number of hydrogen-bond acceptors (Lipinski definition) is 4. The Hall–Kier alpha value is -0.810. The molecule has 1 fully saturated rings. The van der Waals surface area contributed by atoms with E-state index in [1.54, 1.807) is 0 Å². The first-order chi connectivity index (χ1) is 8.40. The van der Waals surface area contributed by atoms with Gasteiger partial charge in [-0.2, -0.15) is 0 Å². The minimum Gasteiger partial charge on any atom is -0.444 e. The molecule has 18 heavy (non-hydrogen) atoms. The molecule has 2 N–H and O–H groups in total. The fraction of sp³-hybridized carbons (Fsp3) is 0.923. The van der Waals surface area contributed by atoms with Gasteiger partial charge in [-0.25, -0.2) is 4.79 Å². The van der Waals surface area contributed by atoms with Crippen LogP contribution in [0, 0.1) is 5.92 Å². The van der Waals surface area contributed by atoms with Gasteiger partial charge in [0.2, 0.25) is 0 Å². The second-order valence-corrected chi connectivity index (χ2v) is 5.82. The fourth-order valence-electron chi connectivity index (χ4n) is 2.04. The number of hydrogen-bond donors (Lipinski definition) is 2. The van der Waals surface area contributed by atoms with Crippen molar-refractivity contribution < 1.29 is 19.4 Å². The first kappa shape index (κ1) is 15.2. The fourth-order valence-corrected chi connectivity index (χ4v) is 2.04. The Bertz CT molecular complexity index is 256. The lowest BCUT2D eigenvalue weighted by Crippen LogP contribution is -2.42. The monoisotopic (exact) mass is 259 g/mol. The van der Waals surface area contributed by atoms with E-state index in [2.05, 4.69) is 5.32 Å². The summed E-state index contributed by atoms with van der Waals surface area (Å²) in [6, 6.07) is -0.233. The van der Waals surface area contributed by atoms with E-state index in [0.29, 0.717) is 5.92 Å². The Morgan fingerprint density at radius 3 is 2.56 bits per heavy atom. The molecule has 5 heteroatoms. The second kappa shape index (κ2) is 6.95. The van der Waals surface area contributed by atoms with Crippen molar-refractivity contribution in [1.82, 2.24) is 5.32 Å². The van der Waals surface area contributed by atoms with Gasteiger partial charge in [0.15, 0.2) is 0 Å². The Morgan fingerprint density at radius 1 is 1.44 bits per heavy atom. The molecule has 0 aliphatic carbocycles. The minimum absolute atomic E-state index is 0.0589. The van der Waals surface area contributed by atoms with Crippen LogP contribution in [0.3, 0.4) is 0 Å². The van der Waals surface area contributed by atoms with E-state index in [0.717, 1.165) is 32.5 Å². The molecule has 1 aliphatic heterocycles. The van der Waals surface area contributed by atoms with Crippen LogP contribution in [0.4, 0.5) is 4.79 Å². The normalized spacial score (nSPS) is 19.3. The van der Waals surface area contributed by atoms with Crippen molar-refractivity contribution in [3.05, 3.63) is 0 Å². The molecule has 1 aliphatic rings. The van der Waals surface area contributed by atoms with Crippen LogP contribution in [0.15, 0.2) is 0 Å². The molecule has 106 valence electrons. The van der Waals surface area contributed by atoms with E-state index in [1.165, 1.54) is 0 Å². The summed E-state index contributed by atoms with van der Waals surface area (Å²) in [4.78, 5) is 11.6. The van der Waals surface area contributed by atoms with Gasteiger partial charge in [-0.05, 0) is 46.0 Å². The molecule has 1 atom stereocenters. The van der Waals surface area contributed by atoms with Gasteiger partial charge in [0.1, 0.15) is 5.60 Å². The highest BCUT2D eigenvalue weighted by Crippen LogP contribution is 2.20. The largest absolute Gasteiger partial charge is 0.444 e. The van der Waals surface area contributed by atoms with Gasteiger partial charge in [0, 0.05) is 13.2 Å². The maximum Gasteiger partial charge on any atom is 0.407 e. The zero-order chi connectivity index (χ0) is 13.6. The van der Waals surface area contributed by atoms with Crippen molar-refractivity contribution in [1.29, 1.82) is 0 Å². The molecule has 1 unspecified atom stereocenters. The summed E-state index contributed by atoms with van der Waals surface area (Å²) < 4.78 is 10.5. The predicted octanol–water partition coefficient (Wildman–Crippen LogP) is 1.69. The number of rotatable bonds is 4. The number of nitrogens with one attached hydrogen (secondary N) is 1. The first-order valence-corrected chi connectivity index (χ1v) is 6.59. The van der Waals surface area contributed by atoms with E-state index >= 15 is 0 Å². The van der Waals surface area contributed by atoms with Crippen molar-refractivity contribution in [3.8, 4) is 0 Å². The number of ether oxygens (including phenoxy) is 2. The molecular formula is C13H25NO4. The molecule has 1 saturated heterocycles. The van der Waals surface area contributed by atoms with Crippen molar-refractivity contribution in [2.45, 2.75) is 51.7 Å². The van der Waals surface area contributed by atoms with Crippen molar-refractivity contribution in [2.24, 2.45) is 5.92 Å². The lowest BCUT2D eigenvalue weighted by Gasteiger charge is -2.27. The average molecular weight is 259 g/mol. The van der Waals surface area contributed by atoms with Gasteiger partial charge in [0.25, 0.3) is 0 Å². The number of alkyl carbamates (subject to hydrolysis) is 1. The van der Waals surface area contributed by atoms with Crippen LogP contribution < -0.4 is 5.32 Å². The van der Waals surface area contributed by atoms with Crippen LogP contribution in [0.5, 0.6) is 0 Å². The zero-order valence-corrected chi connectivity index (χ0v) is 11.6. The molecule has 0 spiro atoms. The predicted molar refractivity (Wildman–Crippen MR) is 68.4 cm³/mol. The maximum absolute atomic E-state index is 11.6.